The van der Waals surface area contributed by atoms with Crippen molar-refractivity contribution in [2.75, 3.05) is 7.11 Å². The van der Waals surface area contributed by atoms with Gasteiger partial charge < -0.3 is 15.2 Å². The predicted molar refractivity (Wildman–Crippen MR) is 65.0 cm³/mol. The minimum atomic E-state index is -0.835. The Hall–Kier alpha value is -1.10. The number of ether oxygens (including phenoxy) is 1. The van der Waals surface area contributed by atoms with Crippen molar-refractivity contribution in [2.24, 2.45) is 11.8 Å². The number of aliphatic carboxylic acids is 1. The van der Waals surface area contributed by atoms with Crippen molar-refractivity contribution in [1.82, 2.24) is 5.32 Å². The standard InChI is InChI=1S/C13H21NO4/c1-18-9-6-8(7-9)14-12(15)10-4-2-3-5-11(10)13(16)17/h8-11H,2-7H2,1H3,(H,14,15)(H,16,17). The van der Waals surface area contributed by atoms with Crippen LogP contribution in [-0.4, -0.2) is 36.2 Å². The second-order valence-electron chi connectivity index (χ2n) is 5.37. The molecule has 0 spiro atoms. The molecule has 0 saturated heterocycles. The highest BCUT2D eigenvalue weighted by atomic mass is 16.5. The van der Waals surface area contributed by atoms with Gasteiger partial charge >= 0.3 is 5.97 Å². The van der Waals surface area contributed by atoms with Crippen molar-refractivity contribution >= 4 is 11.9 Å². The van der Waals surface area contributed by atoms with Gasteiger partial charge in [0.2, 0.25) is 5.91 Å². The molecule has 2 aliphatic rings. The number of rotatable bonds is 4. The monoisotopic (exact) mass is 255 g/mol. The fourth-order valence-electron chi connectivity index (χ4n) is 2.92. The SMILES string of the molecule is COC1CC(NC(=O)C2CCCCC2C(=O)O)C1. The minimum Gasteiger partial charge on any atom is -0.481 e. The molecule has 0 aliphatic heterocycles. The summed E-state index contributed by atoms with van der Waals surface area (Å²) in [6.07, 6.45) is 5.11. The van der Waals surface area contributed by atoms with Crippen molar-refractivity contribution in [3.05, 3.63) is 0 Å². The van der Waals surface area contributed by atoms with E-state index in [1.165, 1.54) is 0 Å². The smallest absolute Gasteiger partial charge is 0.307 e. The van der Waals surface area contributed by atoms with Crippen LogP contribution in [0.3, 0.4) is 0 Å². The van der Waals surface area contributed by atoms with Crippen LogP contribution in [0.5, 0.6) is 0 Å². The zero-order valence-electron chi connectivity index (χ0n) is 10.7. The van der Waals surface area contributed by atoms with Crippen LogP contribution < -0.4 is 5.32 Å². The summed E-state index contributed by atoms with van der Waals surface area (Å²) in [5.74, 6) is -1.77. The summed E-state index contributed by atoms with van der Waals surface area (Å²) >= 11 is 0. The van der Waals surface area contributed by atoms with Crippen molar-refractivity contribution in [2.45, 2.75) is 50.7 Å². The Kier molecular flexibility index (Phi) is 4.22. The predicted octanol–water partition coefficient (Wildman–Crippen LogP) is 1.17. The summed E-state index contributed by atoms with van der Waals surface area (Å²) in [7, 11) is 1.67. The van der Waals surface area contributed by atoms with Crippen LogP contribution in [0.2, 0.25) is 0 Å². The molecular weight excluding hydrogens is 234 g/mol. The van der Waals surface area contributed by atoms with E-state index >= 15 is 0 Å². The van der Waals surface area contributed by atoms with Crippen molar-refractivity contribution < 1.29 is 19.4 Å². The summed E-state index contributed by atoms with van der Waals surface area (Å²) in [6, 6.07) is 0.166. The number of nitrogens with one attached hydrogen (secondary N) is 1. The molecule has 0 radical (unpaired) electrons. The van der Waals surface area contributed by atoms with Gasteiger partial charge in [0, 0.05) is 13.2 Å². The lowest BCUT2D eigenvalue weighted by atomic mass is 9.78. The molecule has 0 heterocycles. The fraction of sp³-hybridized carbons (Fsp3) is 0.846. The maximum absolute atomic E-state index is 12.1. The van der Waals surface area contributed by atoms with E-state index in [2.05, 4.69) is 5.32 Å². The lowest BCUT2D eigenvalue weighted by Crippen LogP contribution is -2.51. The molecule has 5 nitrogen and oxygen atoms in total. The van der Waals surface area contributed by atoms with E-state index in [4.69, 9.17) is 9.84 Å². The highest BCUT2D eigenvalue weighted by molar-refractivity contribution is 5.85. The van der Waals surface area contributed by atoms with Gasteiger partial charge in [-0.05, 0) is 25.7 Å². The first-order chi connectivity index (χ1) is 8.61. The lowest BCUT2D eigenvalue weighted by Gasteiger charge is -2.36. The Morgan fingerprint density at radius 3 is 2.33 bits per heavy atom. The van der Waals surface area contributed by atoms with Gasteiger partial charge in [0.25, 0.3) is 0 Å². The molecule has 1 amide bonds. The van der Waals surface area contributed by atoms with Crippen LogP contribution in [0.4, 0.5) is 0 Å². The van der Waals surface area contributed by atoms with E-state index in [0.29, 0.717) is 12.8 Å². The van der Waals surface area contributed by atoms with Crippen LogP contribution in [0.1, 0.15) is 38.5 Å². The summed E-state index contributed by atoms with van der Waals surface area (Å²) < 4.78 is 5.16. The topological polar surface area (TPSA) is 75.6 Å². The number of carboxylic acids is 1. The molecule has 102 valence electrons. The van der Waals surface area contributed by atoms with Crippen LogP contribution >= 0.6 is 0 Å². The molecule has 2 N–H and O–H groups in total. The molecule has 18 heavy (non-hydrogen) atoms. The molecule has 2 fully saturated rings. The molecule has 2 atom stereocenters. The Morgan fingerprint density at radius 2 is 1.78 bits per heavy atom. The van der Waals surface area contributed by atoms with Crippen molar-refractivity contribution in [3.63, 3.8) is 0 Å². The molecule has 0 bridgehead atoms. The average Bonchev–Trinajstić information content (AvgIpc) is 2.32. The Labute approximate surface area is 107 Å². The fourth-order valence-corrected chi connectivity index (χ4v) is 2.92. The van der Waals surface area contributed by atoms with Crippen LogP contribution in [0.15, 0.2) is 0 Å². The van der Waals surface area contributed by atoms with Gasteiger partial charge in [0.1, 0.15) is 0 Å². The van der Waals surface area contributed by atoms with Gasteiger partial charge in [-0.1, -0.05) is 12.8 Å². The highest BCUT2D eigenvalue weighted by Crippen LogP contribution is 2.31. The minimum absolute atomic E-state index is 0.0818. The second-order valence-corrected chi connectivity index (χ2v) is 5.37. The molecule has 2 unspecified atom stereocenters. The van der Waals surface area contributed by atoms with E-state index in [9.17, 15) is 9.59 Å². The number of carbonyl (C=O) groups is 2. The van der Waals surface area contributed by atoms with Crippen LogP contribution in [-0.2, 0) is 14.3 Å². The summed E-state index contributed by atoms with van der Waals surface area (Å²) in [5.41, 5.74) is 0. The quantitative estimate of drug-likeness (QED) is 0.790. The van der Waals surface area contributed by atoms with Crippen LogP contribution in [0.25, 0.3) is 0 Å². The molecule has 2 aliphatic carbocycles. The van der Waals surface area contributed by atoms with Crippen molar-refractivity contribution in [3.8, 4) is 0 Å². The third-order valence-electron chi connectivity index (χ3n) is 4.19. The van der Waals surface area contributed by atoms with Gasteiger partial charge in [0.05, 0.1) is 17.9 Å². The molecule has 0 aromatic heterocycles. The van der Waals surface area contributed by atoms with Gasteiger partial charge in [-0.25, -0.2) is 0 Å². The third kappa shape index (κ3) is 2.83. The van der Waals surface area contributed by atoms with Gasteiger partial charge in [-0.3, -0.25) is 9.59 Å². The first-order valence-electron chi connectivity index (χ1n) is 6.67. The Morgan fingerprint density at radius 1 is 1.17 bits per heavy atom. The van der Waals surface area contributed by atoms with E-state index < -0.39 is 11.9 Å². The Bertz CT molecular complexity index is 325. The van der Waals surface area contributed by atoms with Crippen molar-refractivity contribution in [1.29, 1.82) is 0 Å². The zero-order valence-corrected chi connectivity index (χ0v) is 10.7. The number of amides is 1. The maximum atomic E-state index is 12.1. The Balaban J connectivity index is 1.85. The van der Waals surface area contributed by atoms with Gasteiger partial charge in [-0.2, -0.15) is 0 Å². The first-order valence-corrected chi connectivity index (χ1v) is 6.67. The number of carbonyl (C=O) groups excluding carboxylic acids is 1. The summed E-state index contributed by atoms with van der Waals surface area (Å²) in [4.78, 5) is 23.2. The maximum Gasteiger partial charge on any atom is 0.307 e. The first kappa shape index (κ1) is 13.3. The zero-order chi connectivity index (χ0) is 13.1. The van der Waals surface area contributed by atoms with Gasteiger partial charge in [0.15, 0.2) is 0 Å². The number of hydrogen-bond donors (Lipinski definition) is 2. The average molecular weight is 255 g/mol. The molecule has 5 heteroatoms. The largest absolute Gasteiger partial charge is 0.481 e. The van der Waals surface area contributed by atoms with E-state index in [1.54, 1.807) is 7.11 Å². The molecule has 0 aromatic carbocycles. The lowest BCUT2D eigenvalue weighted by molar-refractivity contribution is -0.149. The van der Waals surface area contributed by atoms with Gasteiger partial charge in [-0.15, -0.1) is 0 Å². The highest BCUT2D eigenvalue weighted by Gasteiger charge is 2.38. The normalized spacial score (nSPS) is 35.6. The summed E-state index contributed by atoms with van der Waals surface area (Å²) in [6.45, 7) is 0. The van der Waals surface area contributed by atoms with E-state index in [-0.39, 0.29) is 24.0 Å². The number of hydrogen-bond acceptors (Lipinski definition) is 3. The third-order valence-corrected chi connectivity index (χ3v) is 4.19. The molecule has 2 rings (SSSR count). The van der Waals surface area contributed by atoms with E-state index in [1.807, 2.05) is 0 Å². The molecular formula is C13H21NO4. The number of carboxylic acid groups (broad SMARTS) is 1. The van der Waals surface area contributed by atoms with E-state index in [0.717, 1.165) is 25.7 Å². The second kappa shape index (κ2) is 5.69. The molecule has 2 saturated carbocycles. The number of methoxy groups -OCH3 is 1. The molecule has 0 aromatic rings. The van der Waals surface area contributed by atoms with Crippen LogP contribution in [0, 0.1) is 11.8 Å². The summed E-state index contributed by atoms with van der Waals surface area (Å²) in [5, 5.41) is 12.1.